The molecule has 18 heavy (non-hydrogen) atoms. The van der Waals surface area contributed by atoms with Gasteiger partial charge in [-0.1, -0.05) is 12.1 Å². The van der Waals surface area contributed by atoms with Crippen molar-refractivity contribution in [3.63, 3.8) is 0 Å². The molecule has 0 amide bonds. The van der Waals surface area contributed by atoms with Crippen LogP contribution >= 0.6 is 23.7 Å². The Morgan fingerprint density at radius 1 is 1.33 bits per heavy atom. The summed E-state index contributed by atoms with van der Waals surface area (Å²) in [5.74, 6) is -0.343. The topological polar surface area (TPSA) is 52.3 Å². The fraction of sp³-hybridized carbons (Fsp3) is 0.154. The van der Waals surface area contributed by atoms with E-state index in [0.29, 0.717) is 5.56 Å². The zero-order valence-corrected chi connectivity index (χ0v) is 11.5. The highest BCUT2D eigenvalue weighted by Crippen LogP contribution is 2.22. The number of carbonyl (C=O) groups excluding carboxylic acids is 1. The third-order valence-electron chi connectivity index (χ3n) is 2.57. The minimum Gasteiger partial charge on any atom is -0.465 e. The highest BCUT2D eigenvalue weighted by molar-refractivity contribution is 7.08. The van der Waals surface area contributed by atoms with Gasteiger partial charge in [0, 0.05) is 0 Å². The lowest BCUT2D eigenvalue weighted by Crippen LogP contribution is -2.12. The summed E-state index contributed by atoms with van der Waals surface area (Å²) < 4.78 is 4.68. The molecule has 96 valence electrons. The molecule has 2 aromatic rings. The molecule has 1 heterocycles. The Kier molecular flexibility index (Phi) is 5.34. The number of hydrogen-bond donors (Lipinski definition) is 1. The van der Waals surface area contributed by atoms with Crippen LogP contribution in [0.5, 0.6) is 0 Å². The van der Waals surface area contributed by atoms with Gasteiger partial charge < -0.3 is 10.5 Å². The quantitative estimate of drug-likeness (QED) is 0.881. The minimum atomic E-state index is -0.343. The molecule has 1 aromatic carbocycles. The maximum Gasteiger partial charge on any atom is 0.337 e. The Hall–Kier alpha value is -1.36. The van der Waals surface area contributed by atoms with Gasteiger partial charge in [0.05, 0.1) is 18.7 Å². The number of hydrogen-bond acceptors (Lipinski definition) is 4. The number of carbonyl (C=O) groups is 1. The van der Waals surface area contributed by atoms with E-state index in [1.165, 1.54) is 7.11 Å². The van der Waals surface area contributed by atoms with Gasteiger partial charge in [-0.25, -0.2) is 4.79 Å². The molecule has 3 nitrogen and oxygen atoms in total. The number of thiophene rings is 1. The Bertz CT molecular complexity index is 513. The van der Waals surface area contributed by atoms with Crippen LogP contribution in [-0.4, -0.2) is 13.1 Å². The van der Waals surface area contributed by atoms with Crippen molar-refractivity contribution in [1.29, 1.82) is 0 Å². The second kappa shape index (κ2) is 6.54. The van der Waals surface area contributed by atoms with Gasteiger partial charge in [-0.15, -0.1) is 12.4 Å². The van der Waals surface area contributed by atoms with Crippen LogP contribution in [0.25, 0.3) is 0 Å². The number of esters is 1. The second-order valence-corrected chi connectivity index (χ2v) is 4.43. The van der Waals surface area contributed by atoms with E-state index in [1.54, 1.807) is 23.5 Å². The molecule has 5 heteroatoms. The van der Waals surface area contributed by atoms with Crippen molar-refractivity contribution >= 4 is 29.7 Å². The van der Waals surface area contributed by atoms with Crippen LogP contribution in [0.1, 0.15) is 27.5 Å². The molecule has 0 saturated carbocycles. The van der Waals surface area contributed by atoms with Crippen molar-refractivity contribution in [2.45, 2.75) is 6.04 Å². The zero-order chi connectivity index (χ0) is 12.3. The first-order valence-electron chi connectivity index (χ1n) is 5.18. The molecule has 2 rings (SSSR count). The molecular formula is C13H14ClNO2S. The molecule has 0 aliphatic heterocycles. The molecule has 0 spiro atoms. The van der Waals surface area contributed by atoms with Crippen LogP contribution in [-0.2, 0) is 4.74 Å². The van der Waals surface area contributed by atoms with Gasteiger partial charge in [0.2, 0.25) is 0 Å². The van der Waals surface area contributed by atoms with Crippen LogP contribution in [0.15, 0.2) is 41.1 Å². The Morgan fingerprint density at radius 3 is 2.72 bits per heavy atom. The van der Waals surface area contributed by atoms with E-state index in [4.69, 9.17) is 5.73 Å². The molecule has 1 aromatic heterocycles. The lowest BCUT2D eigenvalue weighted by Gasteiger charge is -2.11. The molecule has 0 bridgehead atoms. The van der Waals surface area contributed by atoms with Crippen molar-refractivity contribution < 1.29 is 9.53 Å². The van der Waals surface area contributed by atoms with Crippen molar-refractivity contribution in [1.82, 2.24) is 0 Å². The lowest BCUT2D eigenvalue weighted by atomic mass is 10.0. The molecular weight excluding hydrogens is 270 g/mol. The van der Waals surface area contributed by atoms with Crippen LogP contribution in [0.2, 0.25) is 0 Å². The monoisotopic (exact) mass is 283 g/mol. The van der Waals surface area contributed by atoms with Crippen molar-refractivity contribution in [2.24, 2.45) is 5.73 Å². The van der Waals surface area contributed by atoms with Crippen LogP contribution in [0, 0.1) is 0 Å². The molecule has 0 unspecified atom stereocenters. The summed E-state index contributed by atoms with van der Waals surface area (Å²) in [5.41, 5.74) is 8.61. The van der Waals surface area contributed by atoms with Gasteiger partial charge in [0.25, 0.3) is 0 Å². The lowest BCUT2D eigenvalue weighted by molar-refractivity contribution is 0.0600. The van der Waals surface area contributed by atoms with Gasteiger partial charge in [-0.05, 0) is 40.1 Å². The molecule has 0 aliphatic carbocycles. The summed E-state index contributed by atoms with van der Waals surface area (Å²) in [6.07, 6.45) is 0. The summed E-state index contributed by atoms with van der Waals surface area (Å²) in [4.78, 5) is 11.4. The predicted octanol–water partition coefficient (Wildman–Crippen LogP) is 3.00. The maximum atomic E-state index is 11.4. The number of methoxy groups -OCH3 is 1. The molecule has 2 N–H and O–H groups in total. The van der Waals surface area contributed by atoms with Crippen LogP contribution in [0.3, 0.4) is 0 Å². The molecule has 1 atom stereocenters. The van der Waals surface area contributed by atoms with Crippen LogP contribution in [0.4, 0.5) is 0 Å². The Labute approximate surface area is 116 Å². The van der Waals surface area contributed by atoms with Gasteiger partial charge in [-0.3, -0.25) is 0 Å². The summed E-state index contributed by atoms with van der Waals surface area (Å²) in [6.45, 7) is 0. The standard InChI is InChI=1S/C13H13NO2S.ClH/c1-16-13(15)10-4-2-3-9(7-10)12(14)11-5-6-17-8-11;/h2-8,12H,14H2,1H3;1H/t12-;/m0./s1. The first-order chi connectivity index (χ1) is 8.22. The van der Waals surface area contributed by atoms with E-state index in [-0.39, 0.29) is 24.4 Å². The smallest absolute Gasteiger partial charge is 0.337 e. The minimum absolute atomic E-state index is 0. The average molecular weight is 284 g/mol. The second-order valence-electron chi connectivity index (χ2n) is 3.65. The van der Waals surface area contributed by atoms with E-state index in [2.05, 4.69) is 4.74 Å². The third kappa shape index (κ3) is 3.10. The predicted molar refractivity (Wildman–Crippen MR) is 75.4 cm³/mol. The summed E-state index contributed by atoms with van der Waals surface area (Å²) >= 11 is 1.61. The van der Waals surface area contributed by atoms with Crippen molar-refractivity contribution in [3.8, 4) is 0 Å². The van der Waals surface area contributed by atoms with E-state index >= 15 is 0 Å². The zero-order valence-electron chi connectivity index (χ0n) is 9.83. The number of nitrogens with two attached hydrogens (primary N) is 1. The van der Waals surface area contributed by atoms with Gasteiger partial charge in [0.15, 0.2) is 0 Å². The highest BCUT2D eigenvalue weighted by atomic mass is 35.5. The van der Waals surface area contributed by atoms with Crippen LogP contribution < -0.4 is 5.73 Å². The Morgan fingerprint density at radius 2 is 2.11 bits per heavy atom. The van der Waals surface area contributed by atoms with E-state index in [1.807, 2.05) is 29.0 Å². The molecule has 0 radical (unpaired) electrons. The SMILES string of the molecule is COC(=O)c1cccc([C@H](N)c2ccsc2)c1.Cl. The van der Waals surface area contributed by atoms with Gasteiger partial charge in [-0.2, -0.15) is 11.3 Å². The fourth-order valence-electron chi connectivity index (χ4n) is 1.62. The highest BCUT2D eigenvalue weighted by Gasteiger charge is 2.12. The molecule has 0 aliphatic rings. The van der Waals surface area contributed by atoms with Crippen molar-refractivity contribution in [2.75, 3.05) is 7.11 Å². The summed E-state index contributed by atoms with van der Waals surface area (Å²) in [6, 6.07) is 9.00. The fourth-order valence-corrected chi connectivity index (χ4v) is 2.32. The molecule has 0 fully saturated rings. The summed E-state index contributed by atoms with van der Waals surface area (Å²) in [7, 11) is 1.37. The average Bonchev–Trinajstić information content (AvgIpc) is 2.91. The number of ether oxygens (including phenoxy) is 1. The van der Waals surface area contributed by atoms with Crippen molar-refractivity contribution in [3.05, 3.63) is 57.8 Å². The normalized spacial score (nSPS) is 11.4. The van der Waals surface area contributed by atoms with E-state index < -0.39 is 0 Å². The Balaban J connectivity index is 0.00000162. The number of rotatable bonds is 3. The third-order valence-corrected chi connectivity index (χ3v) is 3.27. The number of benzene rings is 1. The number of halogens is 1. The van der Waals surface area contributed by atoms with E-state index in [0.717, 1.165) is 11.1 Å². The van der Waals surface area contributed by atoms with Gasteiger partial charge in [0.1, 0.15) is 0 Å². The molecule has 0 saturated heterocycles. The largest absolute Gasteiger partial charge is 0.465 e. The van der Waals surface area contributed by atoms with Gasteiger partial charge >= 0.3 is 5.97 Å². The summed E-state index contributed by atoms with van der Waals surface area (Å²) in [5, 5.41) is 3.99. The maximum absolute atomic E-state index is 11.4. The first kappa shape index (κ1) is 14.7. The van der Waals surface area contributed by atoms with E-state index in [9.17, 15) is 4.79 Å². The first-order valence-corrected chi connectivity index (χ1v) is 6.12.